The van der Waals surface area contributed by atoms with Crippen LogP contribution >= 0.6 is 0 Å². The molecule has 0 bridgehead atoms. The van der Waals surface area contributed by atoms with Crippen LogP contribution in [-0.2, 0) is 12.1 Å². The second kappa shape index (κ2) is 6.40. The Bertz CT molecular complexity index is 972. The summed E-state index contributed by atoms with van der Waals surface area (Å²) in [5, 5.41) is 15.4. The zero-order valence-corrected chi connectivity index (χ0v) is 16.2. The van der Waals surface area contributed by atoms with Crippen molar-refractivity contribution in [1.82, 2.24) is 19.7 Å². The Morgan fingerprint density at radius 3 is 2.70 bits per heavy atom. The van der Waals surface area contributed by atoms with E-state index in [-0.39, 0.29) is 11.3 Å². The van der Waals surface area contributed by atoms with Crippen LogP contribution in [-0.4, -0.2) is 38.0 Å². The Hall–Kier alpha value is -2.83. The van der Waals surface area contributed by atoms with Gasteiger partial charge in [-0.05, 0) is 51.3 Å². The normalized spacial score (nSPS) is 14.5. The van der Waals surface area contributed by atoms with Crippen molar-refractivity contribution in [2.24, 2.45) is 0 Å². The molecule has 0 amide bonds. The van der Waals surface area contributed by atoms with Crippen molar-refractivity contribution in [3.8, 4) is 11.5 Å². The number of anilines is 1. The van der Waals surface area contributed by atoms with Gasteiger partial charge >= 0.3 is 0 Å². The first-order valence-corrected chi connectivity index (χ1v) is 9.20. The van der Waals surface area contributed by atoms with Crippen molar-refractivity contribution in [2.75, 3.05) is 12.0 Å². The van der Waals surface area contributed by atoms with Crippen LogP contribution in [0.15, 0.2) is 30.7 Å². The molecule has 0 atom stereocenters. The average Bonchev–Trinajstić information content (AvgIpc) is 3.37. The maximum atomic E-state index is 9.86. The molecule has 1 aliphatic rings. The molecule has 0 spiro atoms. The molecule has 1 saturated carbocycles. The molecule has 1 fully saturated rings. The number of benzene rings is 1. The van der Waals surface area contributed by atoms with E-state index in [0.717, 1.165) is 35.3 Å². The molecular formula is C20H25N5O2. The number of rotatable bonds is 5. The van der Waals surface area contributed by atoms with Crippen molar-refractivity contribution in [3.63, 3.8) is 0 Å². The van der Waals surface area contributed by atoms with Gasteiger partial charge in [0.15, 0.2) is 17.1 Å². The fraction of sp³-hybridized carbons (Fsp3) is 0.450. The molecule has 7 heteroatoms. The van der Waals surface area contributed by atoms with Crippen LogP contribution in [0.5, 0.6) is 11.5 Å². The maximum Gasteiger partial charge on any atom is 0.163 e. The highest BCUT2D eigenvalue weighted by Gasteiger charge is 2.32. The second-order valence-corrected chi connectivity index (χ2v) is 8.03. The van der Waals surface area contributed by atoms with Crippen LogP contribution in [0, 0.1) is 0 Å². The number of ether oxygens (including phenoxy) is 1. The molecule has 2 aromatic heterocycles. The highest BCUT2D eigenvalue weighted by atomic mass is 16.5. The van der Waals surface area contributed by atoms with Crippen LogP contribution in [0.4, 0.5) is 5.82 Å². The molecule has 1 N–H and O–H groups in total. The predicted molar refractivity (Wildman–Crippen MR) is 104 cm³/mol. The SMILES string of the molecule is COc1cc(CN(c2ncnc3c2cnn3C(C)(C)C)C2CC2)ccc1O. The minimum absolute atomic E-state index is 0.148. The van der Waals surface area contributed by atoms with E-state index in [1.807, 2.05) is 23.0 Å². The number of hydrogen-bond acceptors (Lipinski definition) is 6. The van der Waals surface area contributed by atoms with Crippen molar-refractivity contribution in [3.05, 3.63) is 36.3 Å². The van der Waals surface area contributed by atoms with Gasteiger partial charge in [-0.1, -0.05) is 6.07 Å². The van der Waals surface area contributed by atoms with E-state index in [0.29, 0.717) is 18.3 Å². The third-order valence-electron chi connectivity index (χ3n) is 4.84. The van der Waals surface area contributed by atoms with Gasteiger partial charge in [0.2, 0.25) is 0 Å². The summed E-state index contributed by atoms with van der Waals surface area (Å²) in [5.41, 5.74) is 1.76. The smallest absolute Gasteiger partial charge is 0.163 e. The van der Waals surface area contributed by atoms with Gasteiger partial charge in [0.25, 0.3) is 0 Å². The predicted octanol–water partition coefficient (Wildman–Crippen LogP) is 3.46. The Labute approximate surface area is 158 Å². The van der Waals surface area contributed by atoms with Crippen LogP contribution in [0.2, 0.25) is 0 Å². The molecule has 3 aromatic rings. The summed E-state index contributed by atoms with van der Waals surface area (Å²) in [5.74, 6) is 1.54. The molecule has 2 heterocycles. The molecule has 27 heavy (non-hydrogen) atoms. The Morgan fingerprint density at radius 1 is 1.26 bits per heavy atom. The van der Waals surface area contributed by atoms with E-state index >= 15 is 0 Å². The molecule has 0 unspecified atom stereocenters. The molecule has 1 aromatic carbocycles. The highest BCUT2D eigenvalue weighted by molar-refractivity contribution is 5.87. The zero-order valence-electron chi connectivity index (χ0n) is 16.2. The number of aromatic hydroxyl groups is 1. The first-order chi connectivity index (χ1) is 12.9. The molecule has 1 aliphatic carbocycles. The molecule has 4 rings (SSSR count). The minimum Gasteiger partial charge on any atom is -0.504 e. The Kier molecular flexibility index (Phi) is 4.17. The van der Waals surface area contributed by atoms with Crippen LogP contribution in [0.1, 0.15) is 39.2 Å². The van der Waals surface area contributed by atoms with Gasteiger partial charge in [-0.25, -0.2) is 14.6 Å². The molecule has 142 valence electrons. The van der Waals surface area contributed by atoms with Gasteiger partial charge in [0, 0.05) is 12.6 Å². The Balaban J connectivity index is 1.74. The van der Waals surface area contributed by atoms with Crippen molar-refractivity contribution < 1.29 is 9.84 Å². The van der Waals surface area contributed by atoms with Gasteiger partial charge in [-0.2, -0.15) is 5.10 Å². The number of aromatic nitrogens is 4. The minimum atomic E-state index is -0.151. The first kappa shape index (κ1) is 17.6. The van der Waals surface area contributed by atoms with Gasteiger partial charge in [0.1, 0.15) is 12.1 Å². The van der Waals surface area contributed by atoms with Crippen LogP contribution < -0.4 is 9.64 Å². The second-order valence-electron chi connectivity index (χ2n) is 8.03. The average molecular weight is 367 g/mol. The van der Waals surface area contributed by atoms with Gasteiger partial charge in [-0.3, -0.25) is 0 Å². The fourth-order valence-electron chi connectivity index (χ4n) is 3.33. The van der Waals surface area contributed by atoms with Crippen molar-refractivity contribution in [1.29, 1.82) is 0 Å². The van der Waals surface area contributed by atoms with E-state index in [1.165, 1.54) is 0 Å². The third-order valence-corrected chi connectivity index (χ3v) is 4.84. The molecule has 0 aliphatic heterocycles. The van der Waals surface area contributed by atoms with E-state index in [4.69, 9.17) is 4.74 Å². The van der Waals surface area contributed by atoms with Crippen molar-refractivity contribution in [2.45, 2.75) is 51.7 Å². The Morgan fingerprint density at radius 2 is 2.04 bits per heavy atom. The summed E-state index contributed by atoms with van der Waals surface area (Å²) in [6.07, 6.45) is 5.78. The highest BCUT2D eigenvalue weighted by Crippen LogP contribution is 2.36. The maximum absolute atomic E-state index is 9.86. The monoisotopic (exact) mass is 367 g/mol. The van der Waals surface area contributed by atoms with Crippen molar-refractivity contribution >= 4 is 16.9 Å². The quantitative estimate of drug-likeness (QED) is 0.744. The number of phenolic OH excluding ortho intramolecular Hbond substituents is 1. The van der Waals surface area contributed by atoms with Gasteiger partial charge in [-0.15, -0.1) is 0 Å². The van der Waals surface area contributed by atoms with E-state index in [2.05, 4.69) is 40.7 Å². The lowest BCUT2D eigenvalue weighted by Gasteiger charge is -2.25. The lowest BCUT2D eigenvalue weighted by Crippen LogP contribution is -2.27. The number of nitrogens with zero attached hydrogens (tertiary/aromatic N) is 5. The standard InChI is InChI=1S/C20H25N5O2/c1-20(2,3)25-19-15(10-23-25)18(21-12-22-19)24(14-6-7-14)11-13-5-8-16(26)17(9-13)27-4/h5,8-10,12,14,26H,6-7,11H2,1-4H3. The summed E-state index contributed by atoms with van der Waals surface area (Å²) < 4.78 is 7.20. The summed E-state index contributed by atoms with van der Waals surface area (Å²) in [7, 11) is 1.56. The first-order valence-electron chi connectivity index (χ1n) is 9.20. The summed E-state index contributed by atoms with van der Waals surface area (Å²) >= 11 is 0. The lowest BCUT2D eigenvalue weighted by molar-refractivity contribution is 0.366. The lowest BCUT2D eigenvalue weighted by atomic mass is 10.1. The number of phenols is 1. The molecular weight excluding hydrogens is 342 g/mol. The number of methoxy groups -OCH3 is 1. The van der Waals surface area contributed by atoms with Gasteiger partial charge in [0.05, 0.1) is 24.2 Å². The third kappa shape index (κ3) is 3.29. The van der Waals surface area contributed by atoms with E-state index in [9.17, 15) is 5.11 Å². The van der Waals surface area contributed by atoms with Crippen LogP contribution in [0.25, 0.3) is 11.0 Å². The number of hydrogen-bond donors (Lipinski definition) is 1. The fourth-order valence-corrected chi connectivity index (χ4v) is 3.33. The number of fused-ring (bicyclic) bond motifs is 1. The van der Waals surface area contributed by atoms with Crippen LogP contribution in [0.3, 0.4) is 0 Å². The molecule has 0 radical (unpaired) electrons. The summed E-state index contributed by atoms with van der Waals surface area (Å²) in [6, 6.07) is 5.93. The molecule has 0 saturated heterocycles. The van der Waals surface area contributed by atoms with E-state index in [1.54, 1.807) is 19.5 Å². The van der Waals surface area contributed by atoms with E-state index < -0.39 is 0 Å². The molecule has 7 nitrogen and oxygen atoms in total. The zero-order chi connectivity index (χ0) is 19.2. The summed E-state index contributed by atoms with van der Waals surface area (Å²) in [4.78, 5) is 11.4. The topological polar surface area (TPSA) is 76.3 Å². The van der Waals surface area contributed by atoms with Gasteiger partial charge < -0.3 is 14.7 Å². The summed E-state index contributed by atoms with van der Waals surface area (Å²) in [6.45, 7) is 7.03. The largest absolute Gasteiger partial charge is 0.504 e.